The number of aryl methyl sites for hydroxylation is 1. The summed E-state index contributed by atoms with van der Waals surface area (Å²) in [6, 6.07) is 8.39. The van der Waals surface area contributed by atoms with Crippen LogP contribution in [0.1, 0.15) is 28.3 Å². The number of nitrogens with zero attached hydrogens (tertiary/aromatic N) is 3. The normalized spacial score (nSPS) is 12.5. The van der Waals surface area contributed by atoms with Crippen LogP contribution in [-0.2, 0) is 6.54 Å². The molecule has 1 N–H and O–H groups in total. The molecule has 0 amide bonds. The molecule has 0 saturated carbocycles. The highest BCUT2D eigenvalue weighted by Crippen LogP contribution is 2.28. The van der Waals surface area contributed by atoms with Gasteiger partial charge < -0.3 is 4.98 Å². The first-order valence-electron chi connectivity index (χ1n) is 6.78. The lowest BCUT2D eigenvalue weighted by molar-refractivity contribution is 0.555. The van der Waals surface area contributed by atoms with E-state index in [-0.39, 0.29) is 5.92 Å². The summed E-state index contributed by atoms with van der Waals surface area (Å²) in [5, 5.41) is 4.32. The van der Waals surface area contributed by atoms with Crippen molar-refractivity contribution in [2.45, 2.75) is 26.3 Å². The molecular weight excluding hydrogens is 248 g/mol. The first-order valence-corrected chi connectivity index (χ1v) is 6.78. The van der Waals surface area contributed by atoms with E-state index in [2.05, 4.69) is 47.1 Å². The summed E-state index contributed by atoms with van der Waals surface area (Å²) in [7, 11) is 0. The Morgan fingerprint density at radius 3 is 2.85 bits per heavy atom. The van der Waals surface area contributed by atoms with Crippen molar-refractivity contribution in [2.24, 2.45) is 0 Å². The third kappa shape index (κ3) is 2.37. The van der Waals surface area contributed by atoms with Gasteiger partial charge in [-0.2, -0.15) is 5.10 Å². The Morgan fingerprint density at radius 1 is 1.25 bits per heavy atom. The van der Waals surface area contributed by atoms with Crippen LogP contribution in [0.15, 0.2) is 49.2 Å². The smallest absolute Gasteiger partial charge is 0.0923 e. The predicted molar refractivity (Wildman–Crippen MR) is 78.6 cm³/mol. The third-order valence-corrected chi connectivity index (χ3v) is 3.83. The Kier molecular flexibility index (Phi) is 3.37. The summed E-state index contributed by atoms with van der Waals surface area (Å²) in [6.45, 7) is 5.11. The fraction of sp³-hybridized carbons (Fsp3) is 0.250. The highest BCUT2D eigenvalue weighted by Gasteiger charge is 2.19. The zero-order valence-electron chi connectivity index (χ0n) is 11.7. The number of aromatic amines is 1. The SMILES string of the molecule is Cc1cccc(C(Cn2cccn2)c2c[nH]cn2)c1C. The van der Waals surface area contributed by atoms with E-state index in [0.717, 1.165) is 12.2 Å². The van der Waals surface area contributed by atoms with Crippen LogP contribution in [0.3, 0.4) is 0 Å². The number of hydrogen-bond acceptors (Lipinski definition) is 2. The molecule has 0 spiro atoms. The first-order chi connectivity index (χ1) is 9.75. The van der Waals surface area contributed by atoms with E-state index < -0.39 is 0 Å². The number of rotatable bonds is 4. The summed E-state index contributed by atoms with van der Waals surface area (Å²) >= 11 is 0. The van der Waals surface area contributed by atoms with Crippen LogP contribution >= 0.6 is 0 Å². The molecule has 0 aliphatic heterocycles. The molecule has 2 heterocycles. The molecule has 0 aliphatic carbocycles. The van der Waals surface area contributed by atoms with E-state index in [1.54, 1.807) is 6.33 Å². The second kappa shape index (κ2) is 5.33. The standard InChI is InChI=1S/C16H18N4/c1-12-5-3-6-14(13(12)2)15(16-9-17-11-18-16)10-20-8-4-7-19-20/h3-9,11,15H,10H2,1-2H3,(H,17,18). The van der Waals surface area contributed by atoms with Crippen molar-refractivity contribution in [3.05, 3.63) is 71.6 Å². The van der Waals surface area contributed by atoms with Crippen LogP contribution in [0.25, 0.3) is 0 Å². The first kappa shape index (κ1) is 12.7. The van der Waals surface area contributed by atoms with Gasteiger partial charge in [-0.3, -0.25) is 4.68 Å². The van der Waals surface area contributed by atoms with Crippen molar-refractivity contribution in [1.29, 1.82) is 0 Å². The molecule has 0 saturated heterocycles. The zero-order chi connectivity index (χ0) is 13.9. The van der Waals surface area contributed by atoms with E-state index in [1.165, 1.54) is 16.7 Å². The summed E-state index contributed by atoms with van der Waals surface area (Å²) in [5.41, 5.74) is 5.00. The predicted octanol–water partition coefficient (Wildman–Crippen LogP) is 3.06. The molecule has 3 rings (SSSR count). The van der Waals surface area contributed by atoms with Crippen LogP contribution in [0.5, 0.6) is 0 Å². The Bertz CT molecular complexity index is 669. The topological polar surface area (TPSA) is 46.5 Å². The fourth-order valence-electron chi connectivity index (χ4n) is 2.56. The molecule has 0 aliphatic rings. The monoisotopic (exact) mass is 266 g/mol. The van der Waals surface area contributed by atoms with Crippen LogP contribution in [0.2, 0.25) is 0 Å². The van der Waals surface area contributed by atoms with E-state index in [0.29, 0.717) is 0 Å². The summed E-state index contributed by atoms with van der Waals surface area (Å²) in [6.07, 6.45) is 7.50. The lowest BCUT2D eigenvalue weighted by atomic mass is 9.90. The minimum atomic E-state index is 0.209. The average Bonchev–Trinajstić information content (AvgIpc) is 3.11. The van der Waals surface area contributed by atoms with E-state index >= 15 is 0 Å². The van der Waals surface area contributed by atoms with Crippen molar-refractivity contribution < 1.29 is 0 Å². The number of hydrogen-bond donors (Lipinski definition) is 1. The molecule has 20 heavy (non-hydrogen) atoms. The van der Waals surface area contributed by atoms with Gasteiger partial charge in [-0.05, 0) is 36.6 Å². The zero-order valence-corrected chi connectivity index (χ0v) is 11.7. The van der Waals surface area contributed by atoms with Crippen LogP contribution < -0.4 is 0 Å². The molecule has 0 fully saturated rings. The van der Waals surface area contributed by atoms with Crippen molar-refractivity contribution in [3.63, 3.8) is 0 Å². The minimum absolute atomic E-state index is 0.209. The largest absolute Gasteiger partial charge is 0.351 e. The Labute approximate surface area is 118 Å². The Morgan fingerprint density at radius 2 is 2.15 bits per heavy atom. The van der Waals surface area contributed by atoms with Gasteiger partial charge in [-0.1, -0.05) is 18.2 Å². The van der Waals surface area contributed by atoms with E-state index in [1.807, 2.05) is 29.3 Å². The van der Waals surface area contributed by atoms with Crippen LogP contribution in [0.4, 0.5) is 0 Å². The molecule has 1 atom stereocenters. The molecule has 0 bridgehead atoms. The molecule has 1 aromatic carbocycles. The van der Waals surface area contributed by atoms with Gasteiger partial charge in [0.25, 0.3) is 0 Å². The molecule has 3 aromatic rings. The number of nitrogens with one attached hydrogen (secondary N) is 1. The maximum atomic E-state index is 4.45. The van der Waals surface area contributed by atoms with Crippen molar-refractivity contribution in [3.8, 4) is 0 Å². The minimum Gasteiger partial charge on any atom is -0.351 e. The van der Waals surface area contributed by atoms with E-state index in [4.69, 9.17) is 0 Å². The molecule has 2 aromatic heterocycles. The lowest BCUT2D eigenvalue weighted by Gasteiger charge is -2.19. The Hall–Kier alpha value is -2.36. The second-order valence-corrected chi connectivity index (χ2v) is 5.06. The van der Waals surface area contributed by atoms with Crippen LogP contribution in [0, 0.1) is 13.8 Å². The maximum Gasteiger partial charge on any atom is 0.0923 e. The van der Waals surface area contributed by atoms with Crippen molar-refractivity contribution in [1.82, 2.24) is 19.7 Å². The maximum absolute atomic E-state index is 4.45. The van der Waals surface area contributed by atoms with Crippen LogP contribution in [-0.4, -0.2) is 19.7 Å². The van der Waals surface area contributed by atoms with Gasteiger partial charge >= 0.3 is 0 Å². The molecule has 102 valence electrons. The molecule has 4 nitrogen and oxygen atoms in total. The van der Waals surface area contributed by atoms with Gasteiger partial charge in [0, 0.05) is 24.5 Å². The number of imidazole rings is 1. The molecule has 4 heteroatoms. The van der Waals surface area contributed by atoms with Gasteiger partial charge in [0.1, 0.15) is 0 Å². The second-order valence-electron chi connectivity index (χ2n) is 5.06. The summed E-state index contributed by atoms with van der Waals surface area (Å²) < 4.78 is 1.96. The highest BCUT2D eigenvalue weighted by atomic mass is 15.3. The quantitative estimate of drug-likeness (QED) is 0.789. The van der Waals surface area contributed by atoms with Crippen molar-refractivity contribution >= 4 is 0 Å². The van der Waals surface area contributed by atoms with Gasteiger partial charge in [0.05, 0.1) is 18.6 Å². The summed E-state index contributed by atoms with van der Waals surface area (Å²) in [5.74, 6) is 0.209. The van der Waals surface area contributed by atoms with E-state index in [9.17, 15) is 0 Å². The highest BCUT2D eigenvalue weighted by molar-refractivity contribution is 5.39. The lowest BCUT2D eigenvalue weighted by Crippen LogP contribution is -2.13. The number of benzene rings is 1. The molecular formula is C16H18N4. The van der Waals surface area contributed by atoms with Gasteiger partial charge in [0.15, 0.2) is 0 Å². The number of aromatic nitrogens is 4. The van der Waals surface area contributed by atoms with Gasteiger partial charge in [-0.15, -0.1) is 0 Å². The number of H-pyrrole nitrogens is 1. The Balaban J connectivity index is 2.03. The molecule has 1 unspecified atom stereocenters. The third-order valence-electron chi connectivity index (χ3n) is 3.83. The average molecular weight is 266 g/mol. The van der Waals surface area contributed by atoms with Crippen molar-refractivity contribution in [2.75, 3.05) is 0 Å². The summed E-state index contributed by atoms with van der Waals surface area (Å²) in [4.78, 5) is 7.50. The van der Waals surface area contributed by atoms with Gasteiger partial charge in [-0.25, -0.2) is 4.98 Å². The van der Waals surface area contributed by atoms with Gasteiger partial charge in [0.2, 0.25) is 0 Å². The molecule has 0 radical (unpaired) electrons. The fourth-order valence-corrected chi connectivity index (χ4v) is 2.56.